The van der Waals surface area contributed by atoms with Gasteiger partial charge in [0.25, 0.3) is 0 Å². The molecule has 1 N–H and O–H groups in total. The van der Waals surface area contributed by atoms with E-state index in [0.717, 1.165) is 32.9 Å². The third-order valence-corrected chi connectivity index (χ3v) is 6.06. The predicted octanol–water partition coefficient (Wildman–Crippen LogP) is 6.30. The van der Waals surface area contributed by atoms with Crippen molar-refractivity contribution >= 4 is 32.2 Å². The van der Waals surface area contributed by atoms with Crippen LogP contribution >= 0.6 is 11.3 Å². The molecule has 0 bridgehead atoms. The first-order valence-corrected chi connectivity index (χ1v) is 9.97. The Labute approximate surface area is 167 Å². The van der Waals surface area contributed by atoms with Gasteiger partial charge in [-0.3, -0.25) is 4.40 Å². The highest BCUT2D eigenvalue weighted by atomic mass is 32.1. The monoisotopic (exact) mass is 379 g/mol. The van der Waals surface area contributed by atoms with E-state index in [4.69, 9.17) is 0 Å². The van der Waals surface area contributed by atoms with E-state index < -0.39 is 0 Å². The lowest BCUT2D eigenvalue weighted by Gasteiger charge is -2.11. The van der Waals surface area contributed by atoms with Crippen LogP contribution in [0.1, 0.15) is 11.1 Å². The van der Waals surface area contributed by atoms with Gasteiger partial charge in [-0.15, -0.1) is 11.3 Å². The molecule has 134 valence electrons. The molecule has 0 aliphatic rings. The second-order valence-corrected chi connectivity index (χ2v) is 7.66. The van der Waals surface area contributed by atoms with Gasteiger partial charge in [-0.25, -0.2) is 0 Å². The van der Waals surface area contributed by atoms with E-state index in [9.17, 15) is 5.26 Å². The molecule has 2 heterocycles. The van der Waals surface area contributed by atoms with Crippen molar-refractivity contribution in [1.82, 2.24) is 4.40 Å². The van der Waals surface area contributed by atoms with Crippen LogP contribution in [0.4, 0.5) is 5.82 Å². The number of para-hydroxylation sites is 1. The number of hydrogen-bond acceptors (Lipinski definition) is 3. The Morgan fingerprint density at radius 1 is 0.857 bits per heavy atom. The quantitative estimate of drug-likeness (QED) is 0.398. The average Bonchev–Trinajstić information content (AvgIpc) is 3.28. The van der Waals surface area contributed by atoms with Crippen LogP contribution in [-0.2, 0) is 6.54 Å². The highest BCUT2D eigenvalue weighted by Crippen LogP contribution is 2.42. The summed E-state index contributed by atoms with van der Waals surface area (Å²) in [7, 11) is 0. The first-order valence-electron chi connectivity index (χ1n) is 9.16. The zero-order chi connectivity index (χ0) is 18.9. The molecule has 28 heavy (non-hydrogen) atoms. The third kappa shape index (κ3) is 2.65. The lowest BCUT2D eigenvalue weighted by molar-refractivity contribution is 1.11. The molecule has 5 rings (SSSR count). The highest BCUT2D eigenvalue weighted by Gasteiger charge is 2.23. The summed E-state index contributed by atoms with van der Waals surface area (Å²) >= 11 is 1.66. The number of thiazole rings is 1. The first kappa shape index (κ1) is 16.6. The van der Waals surface area contributed by atoms with E-state index >= 15 is 0 Å². The van der Waals surface area contributed by atoms with Crippen molar-refractivity contribution in [2.45, 2.75) is 6.54 Å². The number of benzene rings is 3. The fourth-order valence-corrected chi connectivity index (χ4v) is 4.80. The molecule has 5 aromatic rings. The number of anilines is 1. The van der Waals surface area contributed by atoms with Gasteiger partial charge in [0.2, 0.25) is 0 Å². The fourth-order valence-electron chi connectivity index (χ4n) is 3.65. The number of nitrogens with zero attached hydrogens (tertiary/aromatic N) is 2. The molecular formula is C24H17N3S. The minimum atomic E-state index is 0.696. The average molecular weight is 379 g/mol. The Morgan fingerprint density at radius 2 is 1.54 bits per heavy atom. The third-order valence-electron chi connectivity index (χ3n) is 4.92. The predicted molar refractivity (Wildman–Crippen MR) is 117 cm³/mol. The van der Waals surface area contributed by atoms with Gasteiger partial charge < -0.3 is 5.32 Å². The minimum Gasteiger partial charge on any atom is -0.367 e. The maximum Gasteiger partial charge on any atom is 0.121 e. The number of rotatable bonds is 4. The molecule has 2 aromatic heterocycles. The smallest absolute Gasteiger partial charge is 0.121 e. The SMILES string of the molecule is N#Cc1c(-c2ccccc2)c(NCc2ccccc2)n2c1sc1ccccc12. The van der Waals surface area contributed by atoms with Crippen LogP contribution in [0.25, 0.3) is 26.2 Å². The van der Waals surface area contributed by atoms with Crippen molar-refractivity contribution in [3.8, 4) is 17.2 Å². The first-order chi connectivity index (χ1) is 13.9. The molecule has 0 aliphatic heterocycles. The summed E-state index contributed by atoms with van der Waals surface area (Å²) in [6.45, 7) is 0.696. The number of fused-ring (bicyclic) bond motifs is 3. The molecule has 0 aliphatic carbocycles. The van der Waals surface area contributed by atoms with Crippen LogP contribution in [0.15, 0.2) is 84.9 Å². The molecule has 0 unspecified atom stereocenters. The maximum atomic E-state index is 10.0. The molecule has 0 fully saturated rings. The highest BCUT2D eigenvalue weighted by molar-refractivity contribution is 7.24. The molecule has 0 radical (unpaired) electrons. The fraction of sp³-hybridized carbons (Fsp3) is 0.0417. The molecule has 0 spiro atoms. The van der Waals surface area contributed by atoms with Crippen molar-refractivity contribution in [2.75, 3.05) is 5.32 Å². The number of aromatic nitrogens is 1. The van der Waals surface area contributed by atoms with Crippen LogP contribution < -0.4 is 5.32 Å². The molecular weight excluding hydrogens is 362 g/mol. The summed E-state index contributed by atoms with van der Waals surface area (Å²) in [5.41, 5.74) is 5.07. The van der Waals surface area contributed by atoms with Gasteiger partial charge in [-0.1, -0.05) is 72.8 Å². The van der Waals surface area contributed by atoms with Gasteiger partial charge in [0, 0.05) is 12.1 Å². The van der Waals surface area contributed by atoms with Crippen molar-refractivity contribution in [3.63, 3.8) is 0 Å². The van der Waals surface area contributed by atoms with Gasteiger partial charge in [0.15, 0.2) is 0 Å². The number of nitriles is 1. The van der Waals surface area contributed by atoms with E-state index in [2.05, 4.69) is 52.2 Å². The maximum absolute atomic E-state index is 10.0. The van der Waals surface area contributed by atoms with Gasteiger partial charge in [0.05, 0.1) is 15.8 Å². The zero-order valence-electron chi connectivity index (χ0n) is 15.1. The van der Waals surface area contributed by atoms with E-state index in [-0.39, 0.29) is 0 Å². The van der Waals surface area contributed by atoms with Crippen LogP contribution in [0.2, 0.25) is 0 Å². The van der Waals surface area contributed by atoms with Crippen molar-refractivity contribution in [1.29, 1.82) is 5.26 Å². The zero-order valence-corrected chi connectivity index (χ0v) is 15.9. The molecule has 3 nitrogen and oxygen atoms in total. The normalized spacial score (nSPS) is 11.0. The van der Waals surface area contributed by atoms with Gasteiger partial charge in [-0.2, -0.15) is 5.26 Å². The van der Waals surface area contributed by atoms with Gasteiger partial charge >= 0.3 is 0 Å². The Bertz CT molecular complexity index is 1310. The second-order valence-electron chi connectivity index (χ2n) is 6.63. The van der Waals surface area contributed by atoms with Crippen molar-refractivity contribution in [2.24, 2.45) is 0 Å². The summed E-state index contributed by atoms with van der Waals surface area (Å²) in [5.74, 6) is 0.971. The molecule has 3 aromatic carbocycles. The molecule has 0 saturated carbocycles. The summed E-state index contributed by atoms with van der Waals surface area (Å²) in [5, 5.41) is 13.6. The lowest BCUT2D eigenvalue weighted by Crippen LogP contribution is -2.03. The topological polar surface area (TPSA) is 40.2 Å². The number of hydrogen-bond donors (Lipinski definition) is 1. The van der Waals surface area contributed by atoms with Crippen molar-refractivity contribution in [3.05, 3.63) is 96.1 Å². The minimum absolute atomic E-state index is 0.696. The van der Waals surface area contributed by atoms with E-state index in [1.165, 1.54) is 10.3 Å². The second kappa shape index (κ2) is 6.88. The van der Waals surface area contributed by atoms with E-state index in [0.29, 0.717) is 6.54 Å². The Morgan fingerprint density at radius 3 is 2.29 bits per heavy atom. The van der Waals surface area contributed by atoms with E-state index in [1.54, 1.807) is 11.3 Å². The Balaban J connectivity index is 1.77. The lowest BCUT2D eigenvalue weighted by atomic mass is 10.0. The summed E-state index contributed by atoms with van der Waals surface area (Å²) in [6.07, 6.45) is 0. The molecule has 0 saturated heterocycles. The summed E-state index contributed by atoms with van der Waals surface area (Å²) in [4.78, 5) is 0.984. The molecule has 0 amide bonds. The largest absolute Gasteiger partial charge is 0.367 e. The Kier molecular flexibility index (Phi) is 4.08. The van der Waals surface area contributed by atoms with E-state index in [1.807, 2.05) is 48.5 Å². The van der Waals surface area contributed by atoms with Crippen molar-refractivity contribution < 1.29 is 0 Å². The summed E-state index contributed by atoms with van der Waals surface area (Å²) < 4.78 is 3.38. The molecule has 4 heteroatoms. The van der Waals surface area contributed by atoms with Crippen LogP contribution in [0.3, 0.4) is 0 Å². The number of nitrogens with one attached hydrogen (secondary N) is 1. The van der Waals surface area contributed by atoms with Crippen LogP contribution in [0, 0.1) is 11.3 Å². The van der Waals surface area contributed by atoms with Gasteiger partial charge in [0.1, 0.15) is 16.7 Å². The summed E-state index contributed by atoms with van der Waals surface area (Å²) in [6, 6.07) is 31.3. The van der Waals surface area contributed by atoms with Crippen LogP contribution in [-0.4, -0.2) is 4.40 Å². The Hall–Kier alpha value is -3.55. The standard InChI is InChI=1S/C24H17N3S/c25-15-19-22(18-11-5-2-6-12-18)23(26-16-17-9-3-1-4-10-17)27-20-13-7-8-14-21(20)28-24(19)27/h1-14,26H,16H2. The van der Waals surface area contributed by atoms with Crippen LogP contribution in [0.5, 0.6) is 0 Å². The molecule has 0 atom stereocenters. The van der Waals surface area contributed by atoms with Gasteiger partial charge in [-0.05, 0) is 23.3 Å².